The van der Waals surface area contributed by atoms with Crippen molar-refractivity contribution in [1.29, 1.82) is 0 Å². The fourth-order valence-corrected chi connectivity index (χ4v) is 4.39. The van der Waals surface area contributed by atoms with Crippen LogP contribution in [0, 0.1) is 12.8 Å². The summed E-state index contributed by atoms with van der Waals surface area (Å²) in [5, 5.41) is 3.61. The monoisotopic (exact) mass is 393 g/mol. The van der Waals surface area contributed by atoms with E-state index in [9.17, 15) is 0 Å². The van der Waals surface area contributed by atoms with Crippen molar-refractivity contribution in [2.75, 3.05) is 39.9 Å². The van der Waals surface area contributed by atoms with E-state index in [1.54, 1.807) is 0 Å². The summed E-state index contributed by atoms with van der Waals surface area (Å²) in [6.45, 7) is 6.20. The minimum Gasteiger partial charge on any atom is -0.373 e. The minimum atomic E-state index is 0.0791. The Morgan fingerprint density at radius 1 is 1.07 bits per heavy atom. The highest BCUT2D eigenvalue weighted by Crippen LogP contribution is 2.34. The summed E-state index contributed by atoms with van der Waals surface area (Å²) in [6, 6.07) is 19.0. The SMILES string of the molecule is CN=C(NCC1CCOC1c1ccccc1)N1CCOC(c2ccccc2C)C1. The van der Waals surface area contributed by atoms with E-state index in [4.69, 9.17) is 9.47 Å². The summed E-state index contributed by atoms with van der Waals surface area (Å²) < 4.78 is 12.1. The van der Waals surface area contributed by atoms with Crippen LogP contribution in [0.1, 0.15) is 35.3 Å². The van der Waals surface area contributed by atoms with E-state index in [2.05, 4.69) is 76.7 Å². The largest absolute Gasteiger partial charge is 0.373 e. The number of guanidine groups is 1. The third kappa shape index (κ3) is 4.62. The predicted octanol–water partition coefficient (Wildman–Crippen LogP) is 3.72. The van der Waals surface area contributed by atoms with E-state index in [1.165, 1.54) is 16.7 Å². The van der Waals surface area contributed by atoms with Gasteiger partial charge in [0.2, 0.25) is 0 Å². The first-order chi connectivity index (χ1) is 14.3. The lowest BCUT2D eigenvalue weighted by atomic mass is 9.95. The van der Waals surface area contributed by atoms with Crippen molar-refractivity contribution in [2.45, 2.75) is 25.6 Å². The first-order valence-corrected chi connectivity index (χ1v) is 10.6. The molecule has 0 radical (unpaired) electrons. The van der Waals surface area contributed by atoms with Gasteiger partial charge in [-0.05, 0) is 30.0 Å². The molecular weight excluding hydrogens is 362 g/mol. The zero-order valence-corrected chi connectivity index (χ0v) is 17.4. The topological polar surface area (TPSA) is 46.1 Å². The van der Waals surface area contributed by atoms with Crippen LogP contribution in [-0.4, -0.2) is 50.8 Å². The number of hydrogen-bond donors (Lipinski definition) is 1. The smallest absolute Gasteiger partial charge is 0.193 e. The summed E-state index contributed by atoms with van der Waals surface area (Å²) in [6.07, 6.45) is 1.31. The molecule has 0 saturated carbocycles. The molecule has 2 aliphatic rings. The lowest BCUT2D eigenvalue weighted by molar-refractivity contribution is -0.00844. The number of nitrogens with zero attached hydrogens (tertiary/aromatic N) is 2. The van der Waals surface area contributed by atoms with Crippen molar-refractivity contribution in [1.82, 2.24) is 10.2 Å². The van der Waals surface area contributed by atoms with Gasteiger partial charge in [0.1, 0.15) is 6.10 Å². The van der Waals surface area contributed by atoms with E-state index < -0.39 is 0 Å². The second-order valence-electron chi connectivity index (χ2n) is 7.84. The number of hydrogen-bond acceptors (Lipinski definition) is 3. The van der Waals surface area contributed by atoms with Gasteiger partial charge in [0, 0.05) is 32.7 Å². The number of nitrogens with one attached hydrogen (secondary N) is 1. The molecule has 3 unspecified atom stereocenters. The maximum absolute atomic E-state index is 6.08. The number of rotatable bonds is 4. The molecule has 0 bridgehead atoms. The molecule has 0 aromatic heterocycles. The lowest BCUT2D eigenvalue weighted by Gasteiger charge is -2.36. The van der Waals surface area contributed by atoms with Gasteiger partial charge in [0.25, 0.3) is 0 Å². The molecule has 2 aromatic carbocycles. The fourth-order valence-electron chi connectivity index (χ4n) is 4.39. The van der Waals surface area contributed by atoms with Crippen LogP contribution >= 0.6 is 0 Å². The van der Waals surface area contributed by atoms with Gasteiger partial charge in [-0.1, -0.05) is 54.6 Å². The van der Waals surface area contributed by atoms with Gasteiger partial charge in [0.15, 0.2) is 5.96 Å². The van der Waals surface area contributed by atoms with Gasteiger partial charge in [-0.15, -0.1) is 0 Å². The zero-order valence-electron chi connectivity index (χ0n) is 17.4. The lowest BCUT2D eigenvalue weighted by Crippen LogP contribution is -2.49. The van der Waals surface area contributed by atoms with Crippen LogP contribution in [0.15, 0.2) is 59.6 Å². The van der Waals surface area contributed by atoms with Crippen molar-refractivity contribution in [3.8, 4) is 0 Å². The average molecular weight is 394 g/mol. The Balaban J connectivity index is 1.38. The molecule has 0 aliphatic carbocycles. The normalized spacial score (nSPS) is 25.2. The van der Waals surface area contributed by atoms with E-state index in [1.807, 2.05) is 7.05 Å². The molecule has 1 N–H and O–H groups in total. The average Bonchev–Trinajstić information content (AvgIpc) is 3.24. The maximum Gasteiger partial charge on any atom is 0.193 e. The van der Waals surface area contributed by atoms with Gasteiger partial charge in [0.05, 0.1) is 19.3 Å². The van der Waals surface area contributed by atoms with Gasteiger partial charge < -0.3 is 19.7 Å². The standard InChI is InChI=1S/C24H31N3O2/c1-18-8-6-7-11-21(18)22-17-27(13-15-28-22)24(25-2)26-16-20-12-14-29-23(20)19-9-4-3-5-10-19/h3-11,20,22-23H,12-17H2,1-2H3,(H,25,26). The Morgan fingerprint density at radius 3 is 2.66 bits per heavy atom. The van der Waals surface area contributed by atoms with Crippen molar-refractivity contribution < 1.29 is 9.47 Å². The third-order valence-electron chi connectivity index (χ3n) is 5.98. The first kappa shape index (κ1) is 19.9. The highest BCUT2D eigenvalue weighted by Gasteiger charge is 2.31. The Labute approximate surface area is 173 Å². The molecule has 154 valence electrons. The Kier molecular flexibility index (Phi) is 6.47. The molecule has 2 saturated heterocycles. The van der Waals surface area contributed by atoms with Crippen LogP contribution in [0.5, 0.6) is 0 Å². The first-order valence-electron chi connectivity index (χ1n) is 10.6. The third-order valence-corrected chi connectivity index (χ3v) is 5.98. The van der Waals surface area contributed by atoms with Crippen LogP contribution in [-0.2, 0) is 9.47 Å². The van der Waals surface area contributed by atoms with Crippen LogP contribution in [0.2, 0.25) is 0 Å². The molecule has 0 spiro atoms. The summed E-state index contributed by atoms with van der Waals surface area (Å²) in [5.74, 6) is 1.40. The van der Waals surface area contributed by atoms with Crippen molar-refractivity contribution in [2.24, 2.45) is 10.9 Å². The number of ether oxygens (including phenoxy) is 2. The van der Waals surface area contributed by atoms with Crippen molar-refractivity contribution in [3.63, 3.8) is 0 Å². The Hall–Kier alpha value is -2.37. The van der Waals surface area contributed by atoms with E-state index >= 15 is 0 Å². The molecule has 5 heteroatoms. The minimum absolute atomic E-state index is 0.0791. The zero-order chi connectivity index (χ0) is 20.1. The second kappa shape index (κ2) is 9.42. The van der Waals surface area contributed by atoms with Gasteiger partial charge in [-0.3, -0.25) is 4.99 Å². The maximum atomic E-state index is 6.08. The van der Waals surface area contributed by atoms with Crippen LogP contribution in [0.25, 0.3) is 0 Å². The van der Waals surface area contributed by atoms with Gasteiger partial charge >= 0.3 is 0 Å². The summed E-state index contributed by atoms with van der Waals surface area (Å²) in [4.78, 5) is 6.87. The number of aliphatic imine (C=N–C) groups is 1. The molecule has 5 nitrogen and oxygen atoms in total. The number of aryl methyl sites for hydroxylation is 1. The molecule has 4 rings (SSSR count). The van der Waals surface area contributed by atoms with E-state index in [-0.39, 0.29) is 12.2 Å². The second-order valence-corrected chi connectivity index (χ2v) is 7.84. The molecule has 3 atom stereocenters. The van der Waals surface area contributed by atoms with Crippen LogP contribution < -0.4 is 5.32 Å². The predicted molar refractivity (Wildman–Crippen MR) is 116 cm³/mol. The van der Waals surface area contributed by atoms with E-state index in [0.717, 1.165) is 38.6 Å². The quantitative estimate of drug-likeness (QED) is 0.635. The van der Waals surface area contributed by atoms with Gasteiger partial charge in [-0.25, -0.2) is 0 Å². The van der Waals surface area contributed by atoms with Crippen LogP contribution in [0.4, 0.5) is 0 Å². The van der Waals surface area contributed by atoms with Crippen molar-refractivity contribution in [3.05, 3.63) is 71.3 Å². The number of morpholine rings is 1. The molecule has 0 amide bonds. The van der Waals surface area contributed by atoms with E-state index in [0.29, 0.717) is 12.5 Å². The fraction of sp³-hybridized carbons (Fsp3) is 0.458. The highest BCUT2D eigenvalue weighted by atomic mass is 16.5. The molecule has 2 aromatic rings. The molecule has 2 fully saturated rings. The van der Waals surface area contributed by atoms with Gasteiger partial charge in [-0.2, -0.15) is 0 Å². The molecule has 2 aliphatic heterocycles. The van der Waals surface area contributed by atoms with Crippen molar-refractivity contribution >= 4 is 5.96 Å². The summed E-state index contributed by atoms with van der Waals surface area (Å²) in [7, 11) is 1.86. The summed E-state index contributed by atoms with van der Waals surface area (Å²) >= 11 is 0. The molecule has 2 heterocycles. The molecule has 29 heavy (non-hydrogen) atoms. The summed E-state index contributed by atoms with van der Waals surface area (Å²) in [5.41, 5.74) is 3.80. The van der Waals surface area contributed by atoms with Crippen LogP contribution in [0.3, 0.4) is 0 Å². The number of benzene rings is 2. The highest BCUT2D eigenvalue weighted by molar-refractivity contribution is 5.80. The Morgan fingerprint density at radius 2 is 1.86 bits per heavy atom. The molecular formula is C24H31N3O2. The Bertz CT molecular complexity index is 824.